The maximum Gasteiger partial charge on any atom is 0.270 e. The van der Waals surface area contributed by atoms with E-state index in [1.165, 1.54) is 11.3 Å². The average Bonchev–Trinajstić information content (AvgIpc) is 3.15. The second-order valence-electron chi connectivity index (χ2n) is 4.84. The van der Waals surface area contributed by atoms with E-state index in [9.17, 15) is 4.79 Å². The molecule has 1 fully saturated rings. The molecular formula is C14H16N4OS. The van der Waals surface area contributed by atoms with Crippen LogP contribution in [0.25, 0.3) is 0 Å². The Kier molecular flexibility index (Phi) is 4.03. The highest BCUT2D eigenvalue weighted by Crippen LogP contribution is 2.19. The molecule has 0 unspecified atom stereocenters. The summed E-state index contributed by atoms with van der Waals surface area (Å²) < 4.78 is 0. The van der Waals surface area contributed by atoms with Gasteiger partial charge in [0.05, 0.1) is 0 Å². The maximum absolute atomic E-state index is 11.8. The van der Waals surface area contributed by atoms with Gasteiger partial charge in [-0.3, -0.25) is 9.78 Å². The first-order valence-corrected chi connectivity index (χ1v) is 7.54. The molecule has 0 saturated heterocycles. The van der Waals surface area contributed by atoms with Gasteiger partial charge in [0, 0.05) is 36.9 Å². The van der Waals surface area contributed by atoms with Gasteiger partial charge in [-0.15, -0.1) is 11.3 Å². The molecule has 0 aliphatic heterocycles. The molecule has 0 aromatic carbocycles. The number of rotatable bonds is 6. The highest BCUT2D eigenvalue weighted by molar-refractivity contribution is 7.09. The fourth-order valence-electron chi connectivity index (χ4n) is 1.80. The van der Waals surface area contributed by atoms with E-state index in [2.05, 4.69) is 20.6 Å². The molecule has 1 aliphatic carbocycles. The van der Waals surface area contributed by atoms with Crippen LogP contribution < -0.4 is 10.6 Å². The molecule has 0 spiro atoms. The minimum absolute atomic E-state index is 0.0535. The zero-order valence-corrected chi connectivity index (χ0v) is 11.8. The van der Waals surface area contributed by atoms with Gasteiger partial charge in [0.1, 0.15) is 10.7 Å². The molecule has 0 bridgehead atoms. The van der Waals surface area contributed by atoms with E-state index < -0.39 is 0 Å². The van der Waals surface area contributed by atoms with Crippen molar-refractivity contribution >= 4 is 17.2 Å². The molecular weight excluding hydrogens is 272 g/mol. The van der Waals surface area contributed by atoms with Crippen LogP contribution in [0.4, 0.5) is 0 Å². The van der Waals surface area contributed by atoms with Crippen molar-refractivity contribution in [1.82, 2.24) is 20.6 Å². The fourth-order valence-corrected chi connectivity index (χ4v) is 2.54. The van der Waals surface area contributed by atoms with Crippen molar-refractivity contribution in [3.63, 3.8) is 0 Å². The zero-order chi connectivity index (χ0) is 13.8. The number of nitrogens with zero attached hydrogens (tertiary/aromatic N) is 2. The summed E-state index contributed by atoms with van der Waals surface area (Å²) in [7, 11) is 0. The van der Waals surface area contributed by atoms with Gasteiger partial charge in [0.15, 0.2) is 0 Å². The van der Waals surface area contributed by atoms with Gasteiger partial charge in [-0.05, 0) is 24.5 Å². The smallest absolute Gasteiger partial charge is 0.270 e. The number of hydrogen-bond donors (Lipinski definition) is 2. The normalized spacial score (nSPS) is 14.2. The molecule has 6 heteroatoms. The van der Waals surface area contributed by atoms with Crippen LogP contribution in [0.1, 0.15) is 33.9 Å². The minimum Gasteiger partial charge on any atom is -0.348 e. The number of hydrogen-bond acceptors (Lipinski definition) is 5. The molecule has 2 aromatic rings. The van der Waals surface area contributed by atoms with Crippen molar-refractivity contribution in [2.24, 2.45) is 0 Å². The highest BCUT2D eigenvalue weighted by Gasteiger charge is 2.24. The molecule has 2 aromatic heterocycles. The summed E-state index contributed by atoms with van der Waals surface area (Å²) in [5, 5.41) is 8.99. The third kappa shape index (κ3) is 3.61. The second kappa shape index (κ2) is 6.11. The Hall–Kier alpha value is -1.79. The van der Waals surface area contributed by atoms with Gasteiger partial charge < -0.3 is 10.6 Å². The fraction of sp³-hybridized carbons (Fsp3) is 0.357. The minimum atomic E-state index is -0.0535. The molecule has 104 valence electrons. The van der Waals surface area contributed by atoms with E-state index in [1.807, 2.05) is 23.7 Å². The van der Waals surface area contributed by atoms with Crippen molar-refractivity contribution in [3.8, 4) is 0 Å². The van der Waals surface area contributed by atoms with Crippen molar-refractivity contribution in [2.45, 2.75) is 32.0 Å². The Labute approximate surface area is 121 Å². The Morgan fingerprint density at radius 3 is 3.05 bits per heavy atom. The monoisotopic (exact) mass is 288 g/mol. The molecule has 0 radical (unpaired) electrons. The molecule has 1 aliphatic rings. The van der Waals surface area contributed by atoms with Crippen LogP contribution >= 0.6 is 11.3 Å². The van der Waals surface area contributed by atoms with E-state index >= 15 is 0 Å². The summed E-state index contributed by atoms with van der Waals surface area (Å²) in [5.74, 6) is -0.0535. The Bertz CT molecular complexity index is 580. The van der Waals surface area contributed by atoms with E-state index in [-0.39, 0.29) is 5.91 Å². The zero-order valence-electron chi connectivity index (χ0n) is 11.0. The van der Waals surface area contributed by atoms with Crippen molar-refractivity contribution in [1.29, 1.82) is 0 Å². The Balaban J connectivity index is 1.48. The number of amides is 1. The molecule has 2 heterocycles. The maximum atomic E-state index is 11.8. The average molecular weight is 288 g/mol. The van der Waals surface area contributed by atoms with E-state index in [1.54, 1.807) is 6.20 Å². The first kappa shape index (κ1) is 13.2. The van der Waals surface area contributed by atoms with Gasteiger partial charge in [-0.1, -0.05) is 6.07 Å². The number of pyridine rings is 1. The lowest BCUT2D eigenvalue weighted by Gasteiger charge is -2.02. The predicted octanol–water partition coefficient (Wildman–Crippen LogP) is 1.72. The SMILES string of the molecule is O=C(NC1CC1)c1csc(CNCc2cccnc2)n1. The quantitative estimate of drug-likeness (QED) is 0.849. The summed E-state index contributed by atoms with van der Waals surface area (Å²) in [6.45, 7) is 1.41. The first-order valence-electron chi connectivity index (χ1n) is 6.66. The van der Waals surface area contributed by atoms with Crippen LogP contribution in [0.2, 0.25) is 0 Å². The molecule has 1 amide bonds. The lowest BCUT2D eigenvalue weighted by atomic mass is 10.3. The lowest BCUT2D eigenvalue weighted by molar-refractivity contribution is 0.0946. The van der Waals surface area contributed by atoms with Crippen LogP contribution in [-0.4, -0.2) is 21.9 Å². The summed E-state index contributed by atoms with van der Waals surface area (Å²) in [6, 6.07) is 4.31. The van der Waals surface area contributed by atoms with Gasteiger partial charge in [-0.2, -0.15) is 0 Å². The highest BCUT2D eigenvalue weighted by atomic mass is 32.1. The van der Waals surface area contributed by atoms with Gasteiger partial charge in [0.25, 0.3) is 5.91 Å². The topological polar surface area (TPSA) is 66.9 Å². The standard InChI is InChI=1S/C14H16N4OS/c19-14(17-11-3-4-11)12-9-20-13(18-12)8-16-7-10-2-1-5-15-6-10/h1-2,5-6,9,11,16H,3-4,7-8H2,(H,17,19). The van der Waals surface area contributed by atoms with E-state index in [0.29, 0.717) is 18.3 Å². The van der Waals surface area contributed by atoms with Crippen molar-refractivity contribution < 1.29 is 4.79 Å². The van der Waals surface area contributed by atoms with Crippen LogP contribution in [-0.2, 0) is 13.1 Å². The van der Waals surface area contributed by atoms with Crippen LogP contribution in [0.5, 0.6) is 0 Å². The molecule has 20 heavy (non-hydrogen) atoms. The van der Waals surface area contributed by atoms with Crippen molar-refractivity contribution in [2.75, 3.05) is 0 Å². The van der Waals surface area contributed by atoms with Crippen LogP contribution in [0.15, 0.2) is 29.9 Å². The Morgan fingerprint density at radius 1 is 1.40 bits per heavy atom. The van der Waals surface area contributed by atoms with Gasteiger partial charge in [0.2, 0.25) is 0 Å². The van der Waals surface area contributed by atoms with Gasteiger partial charge in [-0.25, -0.2) is 4.98 Å². The molecule has 2 N–H and O–H groups in total. The van der Waals surface area contributed by atoms with Crippen LogP contribution in [0, 0.1) is 0 Å². The summed E-state index contributed by atoms with van der Waals surface area (Å²) >= 11 is 1.51. The number of nitrogens with one attached hydrogen (secondary N) is 2. The lowest BCUT2D eigenvalue weighted by Crippen LogP contribution is -2.25. The number of aromatic nitrogens is 2. The third-order valence-corrected chi connectivity index (χ3v) is 3.87. The molecule has 5 nitrogen and oxygen atoms in total. The predicted molar refractivity (Wildman–Crippen MR) is 77.4 cm³/mol. The summed E-state index contributed by atoms with van der Waals surface area (Å²) in [6.07, 6.45) is 5.78. The number of carbonyl (C=O) groups excluding carboxylic acids is 1. The van der Waals surface area contributed by atoms with Gasteiger partial charge >= 0.3 is 0 Å². The van der Waals surface area contributed by atoms with Crippen LogP contribution in [0.3, 0.4) is 0 Å². The molecule has 0 atom stereocenters. The van der Waals surface area contributed by atoms with E-state index in [4.69, 9.17) is 0 Å². The Morgan fingerprint density at radius 2 is 2.30 bits per heavy atom. The number of thiazole rings is 1. The van der Waals surface area contributed by atoms with E-state index in [0.717, 1.165) is 30.0 Å². The summed E-state index contributed by atoms with van der Waals surface area (Å²) in [5.41, 5.74) is 1.66. The third-order valence-electron chi connectivity index (χ3n) is 3.03. The largest absolute Gasteiger partial charge is 0.348 e. The molecule has 1 saturated carbocycles. The van der Waals surface area contributed by atoms with Crippen molar-refractivity contribution in [3.05, 3.63) is 46.2 Å². The first-order chi connectivity index (χ1) is 9.81. The number of carbonyl (C=O) groups is 1. The molecule has 3 rings (SSSR count). The summed E-state index contributed by atoms with van der Waals surface area (Å²) in [4.78, 5) is 20.2. The second-order valence-corrected chi connectivity index (χ2v) is 5.78.